The third-order valence-electron chi connectivity index (χ3n) is 6.06. The maximum Gasteiger partial charge on any atom is 0.261 e. The van der Waals surface area contributed by atoms with Crippen molar-refractivity contribution in [3.8, 4) is 12.3 Å². The zero-order valence-corrected chi connectivity index (χ0v) is 15.8. The summed E-state index contributed by atoms with van der Waals surface area (Å²) in [7, 11) is 1.60. The number of fused-ring (bicyclic) bond motifs is 1. The van der Waals surface area contributed by atoms with Gasteiger partial charge in [0.25, 0.3) is 5.91 Å². The predicted octanol–water partition coefficient (Wildman–Crippen LogP) is 3.97. The van der Waals surface area contributed by atoms with Crippen molar-refractivity contribution in [1.82, 2.24) is 10.2 Å². The lowest BCUT2D eigenvalue weighted by Crippen LogP contribution is -2.38. The number of likely N-dealkylation sites (N-methyl/N-ethyl adjacent to an activating group) is 1. The first kappa shape index (κ1) is 18.3. The fraction of sp³-hybridized carbons (Fsp3) is 0.435. The average molecular weight is 348 g/mol. The number of hydrogen-bond acceptors (Lipinski definition) is 2. The van der Waals surface area contributed by atoms with Crippen molar-refractivity contribution in [1.29, 1.82) is 0 Å². The lowest BCUT2D eigenvalue weighted by molar-refractivity contribution is -0.116. The minimum atomic E-state index is -0.227. The van der Waals surface area contributed by atoms with E-state index in [4.69, 9.17) is 6.42 Å². The molecule has 0 unspecified atom stereocenters. The Morgan fingerprint density at radius 3 is 2.50 bits per heavy atom. The van der Waals surface area contributed by atoms with Gasteiger partial charge in [0, 0.05) is 25.0 Å². The Kier molecular flexibility index (Phi) is 5.52. The van der Waals surface area contributed by atoms with E-state index >= 15 is 0 Å². The number of terminal acetylenes is 1. The van der Waals surface area contributed by atoms with E-state index < -0.39 is 0 Å². The molecule has 1 aromatic rings. The molecular formula is C23H28N2O. The maximum atomic E-state index is 12.1. The summed E-state index contributed by atoms with van der Waals surface area (Å²) in [4.78, 5) is 14.3. The second kappa shape index (κ2) is 7.83. The van der Waals surface area contributed by atoms with Crippen LogP contribution in [0.3, 0.4) is 0 Å². The van der Waals surface area contributed by atoms with Crippen LogP contribution in [0.4, 0.5) is 0 Å². The highest BCUT2D eigenvalue weighted by Crippen LogP contribution is 2.50. The molecule has 1 amide bonds. The number of carbonyl (C=O) groups is 1. The molecule has 2 aliphatic rings. The van der Waals surface area contributed by atoms with Crippen LogP contribution in [0.15, 0.2) is 42.6 Å². The zero-order chi connectivity index (χ0) is 18.7. The lowest BCUT2D eigenvalue weighted by Gasteiger charge is -2.40. The van der Waals surface area contributed by atoms with Crippen LogP contribution in [0, 0.1) is 24.2 Å². The molecule has 2 fully saturated rings. The Bertz CT molecular complexity index is 753. The number of rotatable bonds is 6. The van der Waals surface area contributed by atoms with Gasteiger partial charge in [0.2, 0.25) is 0 Å². The Morgan fingerprint density at radius 2 is 2.00 bits per heavy atom. The van der Waals surface area contributed by atoms with E-state index in [1.807, 2.05) is 6.20 Å². The van der Waals surface area contributed by atoms with Crippen LogP contribution in [0.1, 0.15) is 43.7 Å². The molecule has 0 aromatic heterocycles. The molecule has 0 spiro atoms. The van der Waals surface area contributed by atoms with Crippen LogP contribution in [0.2, 0.25) is 0 Å². The molecule has 0 radical (unpaired) electrons. The highest BCUT2D eigenvalue weighted by atomic mass is 16.1. The van der Waals surface area contributed by atoms with Gasteiger partial charge in [-0.3, -0.25) is 4.79 Å². The van der Waals surface area contributed by atoms with Crippen LogP contribution < -0.4 is 5.32 Å². The number of benzene rings is 1. The third kappa shape index (κ3) is 3.42. The number of nitrogens with zero attached hydrogens (tertiary/aromatic N) is 1. The van der Waals surface area contributed by atoms with E-state index in [2.05, 4.69) is 53.9 Å². The molecule has 1 N–H and O–H groups in total. The number of amides is 1. The van der Waals surface area contributed by atoms with Crippen molar-refractivity contribution in [2.24, 2.45) is 11.8 Å². The topological polar surface area (TPSA) is 32.3 Å². The van der Waals surface area contributed by atoms with E-state index in [0.717, 1.165) is 30.0 Å². The molecule has 0 saturated heterocycles. The van der Waals surface area contributed by atoms with E-state index in [1.165, 1.54) is 24.8 Å². The first-order valence-electron chi connectivity index (χ1n) is 9.56. The van der Waals surface area contributed by atoms with Crippen LogP contribution >= 0.6 is 0 Å². The molecule has 26 heavy (non-hydrogen) atoms. The van der Waals surface area contributed by atoms with Crippen LogP contribution in [-0.2, 0) is 11.2 Å². The van der Waals surface area contributed by atoms with E-state index in [9.17, 15) is 4.79 Å². The number of aryl methyl sites for hydroxylation is 1. The fourth-order valence-electron chi connectivity index (χ4n) is 4.29. The third-order valence-corrected chi connectivity index (χ3v) is 6.06. The fourth-order valence-corrected chi connectivity index (χ4v) is 4.29. The van der Waals surface area contributed by atoms with Crippen molar-refractivity contribution < 1.29 is 4.79 Å². The smallest absolute Gasteiger partial charge is 0.261 e. The maximum absolute atomic E-state index is 12.1. The minimum absolute atomic E-state index is 0.227. The summed E-state index contributed by atoms with van der Waals surface area (Å²) in [5, 5.41) is 2.63. The summed E-state index contributed by atoms with van der Waals surface area (Å²) >= 11 is 0. The molecule has 2 aliphatic carbocycles. The Labute approximate surface area is 157 Å². The SMILES string of the molecule is C#C/C(=C\N(C(=C)c1ccc(CC)cc1)[C@H]1CC[C@H]2CC[C@H]21)C(=O)NC. The number of nitrogens with one attached hydrogen (secondary N) is 1. The second-order valence-corrected chi connectivity index (χ2v) is 7.32. The molecule has 3 atom stereocenters. The van der Waals surface area contributed by atoms with Gasteiger partial charge in [-0.25, -0.2) is 0 Å². The molecule has 0 bridgehead atoms. The van der Waals surface area contributed by atoms with Crippen LogP contribution in [0.25, 0.3) is 5.70 Å². The molecule has 3 rings (SSSR count). The molecule has 2 saturated carbocycles. The first-order valence-corrected chi connectivity index (χ1v) is 9.56. The molecule has 0 heterocycles. The highest BCUT2D eigenvalue weighted by Gasteiger charge is 2.44. The van der Waals surface area contributed by atoms with Crippen molar-refractivity contribution in [3.63, 3.8) is 0 Å². The van der Waals surface area contributed by atoms with Crippen LogP contribution in [-0.4, -0.2) is 23.9 Å². The molecule has 0 aliphatic heterocycles. The van der Waals surface area contributed by atoms with Crippen LogP contribution in [0.5, 0.6) is 0 Å². The van der Waals surface area contributed by atoms with Gasteiger partial charge in [-0.15, -0.1) is 6.42 Å². The Morgan fingerprint density at radius 1 is 1.31 bits per heavy atom. The molecule has 3 nitrogen and oxygen atoms in total. The minimum Gasteiger partial charge on any atom is -0.355 e. The molecule has 1 aromatic carbocycles. The highest BCUT2D eigenvalue weighted by molar-refractivity contribution is 5.97. The molecule has 136 valence electrons. The van der Waals surface area contributed by atoms with Gasteiger partial charge >= 0.3 is 0 Å². The quantitative estimate of drug-likeness (QED) is 0.623. The number of hydrogen-bond donors (Lipinski definition) is 1. The van der Waals surface area contributed by atoms with Gasteiger partial charge in [-0.2, -0.15) is 0 Å². The van der Waals surface area contributed by atoms with Crippen molar-refractivity contribution >= 4 is 11.6 Å². The molecule has 3 heteroatoms. The standard InChI is InChI=1S/C23H28N2O/c1-5-17-7-9-19(10-8-17)16(3)25(15-18(6-2)23(26)24-4)22-14-12-20-11-13-21(20)22/h2,7-10,15,20-22H,3,5,11-14H2,1,4H3,(H,24,26)/b18-15+/t20-,21-,22+/m1/s1. The van der Waals surface area contributed by atoms with Gasteiger partial charge in [-0.1, -0.05) is 43.7 Å². The van der Waals surface area contributed by atoms with Gasteiger partial charge in [0.05, 0.1) is 0 Å². The Hall–Kier alpha value is -2.47. The van der Waals surface area contributed by atoms with Gasteiger partial charge in [0.15, 0.2) is 0 Å². The first-order chi connectivity index (χ1) is 12.6. The van der Waals surface area contributed by atoms with Crippen molar-refractivity contribution in [3.05, 3.63) is 53.7 Å². The lowest BCUT2D eigenvalue weighted by atomic mass is 9.74. The van der Waals surface area contributed by atoms with E-state index in [1.54, 1.807) is 7.05 Å². The summed E-state index contributed by atoms with van der Waals surface area (Å²) in [5.41, 5.74) is 3.65. The van der Waals surface area contributed by atoms with E-state index in [-0.39, 0.29) is 5.91 Å². The van der Waals surface area contributed by atoms with Gasteiger partial charge in [0.1, 0.15) is 5.57 Å². The predicted molar refractivity (Wildman–Crippen MR) is 107 cm³/mol. The Balaban J connectivity index is 1.94. The van der Waals surface area contributed by atoms with Gasteiger partial charge in [-0.05, 0) is 55.1 Å². The van der Waals surface area contributed by atoms with Crippen molar-refractivity contribution in [2.75, 3.05) is 7.05 Å². The summed E-state index contributed by atoms with van der Waals surface area (Å²) in [6.07, 6.45) is 13.4. The molecular weight excluding hydrogens is 320 g/mol. The van der Waals surface area contributed by atoms with Crippen molar-refractivity contribution in [2.45, 2.75) is 45.1 Å². The summed E-state index contributed by atoms with van der Waals surface area (Å²) < 4.78 is 0. The summed E-state index contributed by atoms with van der Waals surface area (Å²) in [6, 6.07) is 8.89. The van der Waals surface area contributed by atoms with E-state index in [0.29, 0.717) is 17.5 Å². The normalized spacial score (nSPS) is 24.2. The summed E-state index contributed by atoms with van der Waals surface area (Å²) in [5.74, 6) is 3.82. The van der Waals surface area contributed by atoms with Gasteiger partial charge < -0.3 is 10.2 Å². The summed E-state index contributed by atoms with van der Waals surface area (Å²) in [6.45, 7) is 6.51. The second-order valence-electron chi connectivity index (χ2n) is 7.32. The number of carbonyl (C=O) groups excluding carboxylic acids is 1. The zero-order valence-electron chi connectivity index (χ0n) is 15.8. The monoisotopic (exact) mass is 348 g/mol. The average Bonchev–Trinajstić information content (AvgIpc) is 2.95. The largest absolute Gasteiger partial charge is 0.355 e.